The van der Waals surface area contributed by atoms with Crippen LogP contribution in [-0.2, 0) is 4.74 Å². The van der Waals surface area contributed by atoms with Gasteiger partial charge in [0.1, 0.15) is 0 Å². The third kappa shape index (κ3) is 2.29. The van der Waals surface area contributed by atoms with Crippen molar-refractivity contribution in [1.82, 2.24) is 0 Å². The van der Waals surface area contributed by atoms with Crippen molar-refractivity contribution in [2.45, 2.75) is 13.0 Å². The van der Waals surface area contributed by atoms with Gasteiger partial charge in [0.05, 0.1) is 5.56 Å². The highest BCUT2D eigenvalue weighted by Crippen LogP contribution is 2.19. The van der Waals surface area contributed by atoms with Crippen molar-refractivity contribution in [1.29, 1.82) is 0 Å². The quantitative estimate of drug-likeness (QED) is 0.579. The fourth-order valence-electron chi connectivity index (χ4n) is 1.66. The molecule has 17 heavy (non-hydrogen) atoms. The molecule has 0 spiro atoms. The summed E-state index contributed by atoms with van der Waals surface area (Å²) < 4.78 is 5.12. The number of fused-ring (bicyclic) bond motifs is 1. The Labute approximate surface area is 100 Å². The van der Waals surface area contributed by atoms with E-state index < -0.39 is 6.10 Å². The maximum Gasteiger partial charge on any atom is 0.339 e. The summed E-state index contributed by atoms with van der Waals surface area (Å²) in [6, 6.07) is 13.2. The summed E-state index contributed by atoms with van der Waals surface area (Å²) in [5.74, 6) is 1.99. The summed E-state index contributed by atoms with van der Waals surface area (Å²) in [5, 5.41) is 1.89. The van der Waals surface area contributed by atoms with Crippen molar-refractivity contribution in [3.8, 4) is 12.3 Å². The zero-order valence-corrected chi connectivity index (χ0v) is 9.51. The molecule has 0 bridgehead atoms. The number of ether oxygens (including phenoxy) is 1. The lowest BCUT2D eigenvalue weighted by atomic mass is 10.0. The molecular weight excluding hydrogens is 212 g/mol. The minimum atomic E-state index is -0.513. The third-order valence-electron chi connectivity index (χ3n) is 2.53. The molecule has 0 fully saturated rings. The molecular formula is C15H12O2. The van der Waals surface area contributed by atoms with Crippen LogP contribution in [0.15, 0.2) is 42.5 Å². The summed E-state index contributed by atoms with van der Waals surface area (Å²) in [7, 11) is 0. The molecule has 0 saturated heterocycles. The summed E-state index contributed by atoms with van der Waals surface area (Å²) >= 11 is 0. The van der Waals surface area contributed by atoms with Crippen LogP contribution in [0.5, 0.6) is 0 Å². The van der Waals surface area contributed by atoms with Crippen molar-refractivity contribution in [3.05, 3.63) is 48.0 Å². The van der Waals surface area contributed by atoms with Gasteiger partial charge in [0.25, 0.3) is 0 Å². The van der Waals surface area contributed by atoms with Gasteiger partial charge in [-0.15, -0.1) is 6.42 Å². The minimum Gasteiger partial charge on any atom is -0.446 e. The number of rotatable bonds is 2. The Morgan fingerprint density at radius 1 is 1.24 bits per heavy atom. The first-order chi connectivity index (χ1) is 8.22. The first-order valence-corrected chi connectivity index (χ1v) is 5.37. The summed E-state index contributed by atoms with van der Waals surface area (Å²) in [6.07, 6.45) is 4.67. The van der Waals surface area contributed by atoms with Crippen LogP contribution in [0.25, 0.3) is 10.8 Å². The van der Waals surface area contributed by atoms with Crippen LogP contribution < -0.4 is 0 Å². The number of carbonyl (C=O) groups is 1. The highest BCUT2D eigenvalue weighted by molar-refractivity contribution is 6.04. The zero-order valence-electron chi connectivity index (χ0n) is 9.51. The molecule has 2 rings (SSSR count). The first kappa shape index (κ1) is 11.2. The zero-order chi connectivity index (χ0) is 12.3. The van der Waals surface area contributed by atoms with E-state index in [4.69, 9.17) is 11.2 Å². The van der Waals surface area contributed by atoms with E-state index in [1.54, 1.807) is 13.0 Å². The largest absolute Gasteiger partial charge is 0.446 e. The minimum absolute atomic E-state index is 0.382. The monoisotopic (exact) mass is 224 g/mol. The molecule has 2 aromatic rings. The summed E-state index contributed by atoms with van der Waals surface area (Å²) in [6.45, 7) is 1.67. The molecule has 0 radical (unpaired) electrons. The highest BCUT2D eigenvalue weighted by Gasteiger charge is 2.12. The van der Waals surface area contributed by atoms with Crippen LogP contribution in [-0.4, -0.2) is 12.1 Å². The van der Waals surface area contributed by atoms with Gasteiger partial charge in [-0.2, -0.15) is 0 Å². The van der Waals surface area contributed by atoms with Gasteiger partial charge in [-0.1, -0.05) is 42.3 Å². The van der Waals surface area contributed by atoms with Gasteiger partial charge in [0.15, 0.2) is 6.10 Å². The van der Waals surface area contributed by atoms with Crippen molar-refractivity contribution >= 4 is 16.7 Å². The van der Waals surface area contributed by atoms with Gasteiger partial charge in [0.2, 0.25) is 0 Å². The molecule has 0 unspecified atom stereocenters. The van der Waals surface area contributed by atoms with Crippen LogP contribution >= 0.6 is 0 Å². The molecule has 0 aliphatic carbocycles. The molecule has 0 aliphatic rings. The van der Waals surface area contributed by atoms with Gasteiger partial charge in [-0.05, 0) is 23.8 Å². The summed E-state index contributed by atoms with van der Waals surface area (Å²) in [4.78, 5) is 11.9. The second-order valence-electron chi connectivity index (χ2n) is 3.74. The van der Waals surface area contributed by atoms with Crippen molar-refractivity contribution in [3.63, 3.8) is 0 Å². The lowest BCUT2D eigenvalue weighted by molar-refractivity contribution is 0.0441. The van der Waals surface area contributed by atoms with E-state index in [-0.39, 0.29) is 5.97 Å². The van der Waals surface area contributed by atoms with Crippen molar-refractivity contribution in [2.75, 3.05) is 0 Å². The molecule has 2 heteroatoms. The van der Waals surface area contributed by atoms with Crippen molar-refractivity contribution < 1.29 is 9.53 Å². The van der Waals surface area contributed by atoms with E-state index in [0.717, 1.165) is 10.8 Å². The molecule has 2 aromatic carbocycles. The van der Waals surface area contributed by atoms with Gasteiger partial charge in [0, 0.05) is 0 Å². The Bertz CT molecular complexity index is 588. The van der Waals surface area contributed by atoms with E-state index in [9.17, 15) is 4.79 Å². The lowest BCUT2D eigenvalue weighted by Gasteiger charge is -2.09. The predicted molar refractivity (Wildman–Crippen MR) is 67.7 cm³/mol. The molecule has 0 aromatic heterocycles. The molecule has 2 nitrogen and oxygen atoms in total. The highest BCUT2D eigenvalue weighted by atomic mass is 16.5. The molecule has 0 heterocycles. The van der Waals surface area contributed by atoms with Gasteiger partial charge >= 0.3 is 5.97 Å². The van der Waals surface area contributed by atoms with Crippen LogP contribution in [0.3, 0.4) is 0 Å². The molecule has 1 atom stereocenters. The van der Waals surface area contributed by atoms with Crippen LogP contribution in [0.4, 0.5) is 0 Å². The number of hydrogen-bond acceptors (Lipinski definition) is 2. The SMILES string of the molecule is C#C[C@@H](C)OC(=O)c1cccc2ccccc12. The molecule has 0 amide bonds. The Morgan fingerprint density at radius 3 is 2.71 bits per heavy atom. The third-order valence-corrected chi connectivity index (χ3v) is 2.53. The topological polar surface area (TPSA) is 26.3 Å². The van der Waals surface area contributed by atoms with E-state index in [1.165, 1.54) is 0 Å². The van der Waals surface area contributed by atoms with Crippen LogP contribution in [0.1, 0.15) is 17.3 Å². The smallest absolute Gasteiger partial charge is 0.339 e. The molecule has 0 saturated carbocycles. The van der Waals surface area contributed by atoms with Crippen LogP contribution in [0.2, 0.25) is 0 Å². The van der Waals surface area contributed by atoms with Gasteiger partial charge in [-0.3, -0.25) is 0 Å². The number of carbonyl (C=O) groups excluding carboxylic acids is 1. The lowest BCUT2D eigenvalue weighted by Crippen LogP contribution is -2.13. The number of esters is 1. The Kier molecular flexibility index (Phi) is 3.11. The van der Waals surface area contributed by atoms with Crippen LogP contribution in [0, 0.1) is 12.3 Å². The van der Waals surface area contributed by atoms with Crippen molar-refractivity contribution in [2.24, 2.45) is 0 Å². The number of hydrogen-bond donors (Lipinski definition) is 0. The predicted octanol–water partition coefficient (Wildman–Crippen LogP) is 3.02. The van der Waals surface area contributed by atoms with E-state index >= 15 is 0 Å². The van der Waals surface area contributed by atoms with E-state index in [1.807, 2.05) is 36.4 Å². The second-order valence-corrected chi connectivity index (χ2v) is 3.74. The van der Waals surface area contributed by atoms with Gasteiger partial charge < -0.3 is 4.74 Å². The standard InChI is InChI=1S/C15H12O2/c1-3-11(2)17-15(16)14-10-6-8-12-7-4-5-9-13(12)14/h1,4-11H,2H3/t11-/m1/s1. The fourth-order valence-corrected chi connectivity index (χ4v) is 1.66. The van der Waals surface area contributed by atoms with E-state index in [2.05, 4.69) is 5.92 Å². The second kappa shape index (κ2) is 4.71. The summed E-state index contributed by atoms with van der Waals surface area (Å²) in [5.41, 5.74) is 0.546. The molecule has 0 aliphatic heterocycles. The Morgan fingerprint density at radius 2 is 1.94 bits per heavy atom. The first-order valence-electron chi connectivity index (χ1n) is 5.37. The molecule has 84 valence electrons. The fraction of sp³-hybridized carbons (Fsp3) is 0.133. The Hall–Kier alpha value is -2.27. The number of terminal acetylenes is 1. The molecule has 0 N–H and O–H groups in total. The average Bonchev–Trinajstić information content (AvgIpc) is 2.37. The van der Waals surface area contributed by atoms with E-state index in [0.29, 0.717) is 5.56 Å². The average molecular weight is 224 g/mol. The number of benzene rings is 2. The maximum absolute atomic E-state index is 11.9. The normalized spacial score (nSPS) is 11.8. The maximum atomic E-state index is 11.9. The van der Waals surface area contributed by atoms with Gasteiger partial charge in [-0.25, -0.2) is 4.79 Å². The Balaban J connectivity index is 2.42.